The van der Waals surface area contributed by atoms with Gasteiger partial charge in [-0.2, -0.15) is 4.98 Å². The molecule has 8 heteroatoms. The fraction of sp³-hybridized carbons (Fsp3) is 0.636. The number of hydrogen-bond donors (Lipinski definition) is 1. The van der Waals surface area contributed by atoms with Crippen LogP contribution in [0.5, 0.6) is 0 Å². The fourth-order valence-corrected chi connectivity index (χ4v) is 2.51. The van der Waals surface area contributed by atoms with Gasteiger partial charge >= 0.3 is 0 Å². The number of aromatic nitrogens is 5. The first kappa shape index (κ1) is 12.6. The second-order valence-electron chi connectivity index (χ2n) is 4.60. The Labute approximate surface area is 115 Å². The van der Waals surface area contributed by atoms with Gasteiger partial charge in [0.1, 0.15) is 5.82 Å². The van der Waals surface area contributed by atoms with Crippen molar-refractivity contribution in [2.75, 3.05) is 7.05 Å². The average Bonchev–Trinajstić information content (AvgIpc) is 3.06. The van der Waals surface area contributed by atoms with Crippen LogP contribution in [0.1, 0.15) is 36.3 Å². The van der Waals surface area contributed by atoms with E-state index >= 15 is 0 Å². The maximum Gasteiger partial charge on any atom is 0.237 e. The molecular formula is C11H16N6OS. The summed E-state index contributed by atoms with van der Waals surface area (Å²) in [6.45, 7) is 0.705. The summed E-state index contributed by atoms with van der Waals surface area (Å²) in [6.07, 6.45) is 2.37. The number of thioether (sulfide) groups is 1. The van der Waals surface area contributed by atoms with Crippen LogP contribution < -0.4 is 5.32 Å². The van der Waals surface area contributed by atoms with Crippen molar-refractivity contribution in [2.24, 2.45) is 7.05 Å². The predicted molar refractivity (Wildman–Crippen MR) is 69.6 cm³/mol. The van der Waals surface area contributed by atoms with E-state index in [0.717, 1.165) is 16.8 Å². The molecule has 0 saturated heterocycles. The van der Waals surface area contributed by atoms with E-state index in [1.165, 1.54) is 12.8 Å². The molecule has 0 unspecified atom stereocenters. The van der Waals surface area contributed by atoms with Gasteiger partial charge in [-0.25, -0.2) is 0 Å². The Morgan fingerprint density at radius 2 is 2.26 bits per heavy atom. The first-order chi connectivity index (χ1) is 9.28. The summed E-state index contributed by atoms with van der Waals surface area (Å²) in [5, 5.41) is 16.2. The molecule has 2 aromatic heterocycles. The minimum absolute atomic E-state index is 0.527. The highest BCUT2D eigenvalue weighted by Crippen LogP contribution is 2.38. The van der Waals surface area contributed by atoms with E-state index in [4.69, 9.17) is 4.52 Å². The first-order valence-corrected chi connectivity index (χ1v) is 7.24. The summed E-state index contributed by atoms with van der Waals surface area (Å²) in [5.74, 6) is 3.58. The summed E-state index contributed by atoms with van der Waals surface area (Å²) >= 11 is 1.56. The van der Waals surface area contributed by atoms with Crippen molar-refractivity contribution in [1.29, 1.82) is 0 Å². The van der Waals surface area contributed by atoms with Gasteiger partial charge in [0, 0.05) is 13.0 Å². The number of hydrogen-bond acceptors (Lipinski definition) is 7. The highest BCUT2D eigenvalue weighted by atomic mass is 32.2. The first-order valence-electron chi connectivity index (χ1n) is 6.26. The molecule has 7 nitrogen and oxygen atoms in total. The van der Waals surface area contributed by atoms with E-state index in [9.17, 15) is 0 Å². The zero-order valence-corrected chi connectivity index (χ0v) is 11.8. The van der Waals surface area contributed by atoms with Gasteiger partial charge < -0.3 is 14.4 Å². The normalized spacial score (nSPS) is 15.1. The lowest BCUT2D eigenvalue weighted by atomic mass is 10.4. The Morgan fingerprint density at radius 3 is 3.00 bits per heavy atom. The van der Waals surface area contributed by atoms with Crippen LogP contribution in [0.25, 0.3) is 0 Å². The van der Waals surface area contributed by atoms with Gasteiger partial charge in [-0.3, -0.25) is 0 Å². The van der Waals surface area contributed by atoms with E-state index in [0.29, 0.717) is 24.1 Å². The lowest BCUT2D eigenvalue weighted by Crippen LogP contribution is -2.10. The topological polar surface area (TPSA) is 81.7 Å². The molecule has 0 atom stereocenters. The van der Waals surface area contributed by atoms with Crippen LogP contribution in [-0.2, 0) is 19.3 Å². The third-order valence-corrected chi connectivity index (χ3v) is 4.02. The van der Waals surface area contributed by atoms with Crippen molar-refractivity contribution < 1.29 is 4.52 Å². The van der Waals surface area contributed by atoms with Crippen LogP contribution in [0.15, 0.2) is 9.68 Å². The third kappa shape index (κ3) is 2.79. The molecule has 1 N–H and O–H groups in total. The Bertz CT molecular complexity index is 561. The molecule has 2 heterocycles. The molecule has 102 valence electrons. The summed E-state index contributed by atoms with van der Waals surface area (Å²) in [7, 11) is 3.85. The molecule has 0 spiro atoms. The summed E-state index contributed by atoms with van der Waals surface area (Å²) < 4.78 is 7.20. The molecule has 1 aliphatic carbocycles. The molecule has 0 amide bonds. The average molecular weight is 280 g/mol. The van der Waals surface area contributed by atoms with Crippen LogP contribution in [0.3, 0.4) is 0 Å². The van der Waals surface area contributed by atoms with Crippen molar-refractivity contribution in [3.63, 3.8) is 0 Å². The van der Waals surface area contributed by atoms with E-state index in [1.54, 1.807) is 11.8 Å². The molecule has 0 aliphatic heterocycles. The van der Waals surface area contributed by atoms with Gasteiger partial charge in [0.15, 0.2) is 11.0 Å². The summed E-state index contributed by atoms with van der Waals surface area (Å²) in [5.41, 5.74) is 0. The Morgan fingerprint density at radius 1 is 1.42 bits per heavy atom. The van der Waals surface area contributed by atoms with Crippen LogP contribution in [0.2, 0.25) is 0 Å². The van der Waals surface area contributed by atoms with Gasteiger partial charge in [-0.15, -0.1) is 10.2 Å². The molecule has 0 aromatic carbocycles. The SMILES string of the molecule is CNCc1nnc(SCc2nc(C3CC3)no2)n1C. The largest absolute Gasteiger partial charge is 0.338 e. The molecule has 2 aromatic rings. The van der Waals surface area contributed by atoms with Crippen molar-refractivity contribution in [3.8, 4) is 0 Å². The molecule has 1 aliphatic rings. The van der Waals surface area contributed by atoms with E-state index in [1.807, 2.05) is 18.7 Å². The van der Waals surface area contributed by atoms with Crippen molar-refractivity contribution in [3.05, 3.63) is 17.5 Å². The fourth-order valence-electron chi connectivity index (χ4n) is 1.74. The smallest absolute Gasteiger partial charge is 0.237 e. The van der Waals surface area contributed by atoms with Crippen LogP contribution >= 0.6 is 11.8 Å². The van der Waals surface area contributed by atoms with E-state index in [2.05, 4.69) is 25.7 Å². The van der Waals surface area contributed by atoms with Gasteiger partial charge in [0.2, 0.25) is 5.89 Å². The lowest BCUT2D eigenvalue weighted by Gasteiger charge is -2.01. The van der Waals surface area contributed by atoms with Crippen LogP contribution in [0.4, 0.5) is 0 Å². The second kappa shape index (κ2) is 5.30. The molecule has 1 saturated carbocycles. The molecule has 1 fully saturated rings. The van der Waals surface area contributed by atoms with Crippen molar-refractivity contribution >= 4 is 11.8 Å². The van der Waals surface area contributed by atoms with Crippen molar-refractivity contribution in [2.45, 2.75) is 36.2 Å². The van der Waals surface area contributed by atoms with Crippen LogP contribution in [-0.4, -0.2) is 32.0 Å². The Hall–Kier alpha value is -1.41. The highest BCUT2D eigenvalue weighted by Gasteiger charge is 2.28. The Kier molecular flexibility index (Phi) is 3.52. The monoisotopic (exact) mass is 280 g/mol. The minimum Gasteiger partial charge on any atom is -0.338 e. The molecule has 0 radical (unpaired) electrons. The number of nitrogens with one attached hydrogen (secondary N) is 1. The van der Waals surface area contributed by atoms with E-state index in [-0.39, 0.29) is 0 Å². The molecule has 3 rings (SSSR count). The minimum atomic E-state index is 0.527. The maximum atomic E-state index is 5.23. The summed E-state index contributed by atoms with van der Waals surface area (Å²) in [4.78, 5) is 4.39. The number of rotatable bonds is 6. The predicted octanol–water partition coefficient (Wildman–Crippen LogP) is 1.09. The van der Waals surface area contributed by atoms with Gasteiger partial charge in [0.05, 0.1) is 12.3 Å². The zero-order chi connectivity index (χ0) is 13.2. The molecule has 19 heavy (non-hydrogen) atoms. The standard InChI is InChI=1S/C11H16N6OS/c1-12-5-8-14-15-11(17(8)2)19-6-9-13-10(16-18-9)7-3-4-7/h7,12H,3-6H2,1-2H3. The maximum absolute atomic E-state index is 5.23. The quantitative estimate of drug-likeness (QED) is 0.793. The third-order valence-electron chi connectivity index (χ3n) is 3.01. The van der Waals surface area contributed by atoms with Crippen molar-refractivity contribution in [1.82, 2.24) is 30.2 Å². The highest BCUT2D eigenvalue weighted by molar-refractivity contribution is 7.98. The zero-order valence-electron chi connectivity index (χ0n) is 11.0. The summed E-state index contributed by atoms with van der Waals surface area (Å²) in [6, 6.07) is 0. The second-order valence-corrected chi connectivity index (χ2v) is 5.54. The van der Waals surface area contributed by atoms with Crippen LogP contribution in [0, 0.1) is 0 Å². The van der Waals surface area contributed by atoms with Gasteiger partial charge in [0.25, 0.3) is 0 Å². The van der Waals surface area contributed by atoms with E-state index < -0.39 is 0 Å². The molecule has 0 bridgehead atoms. The van der Waals surface area contributed by atoms with Gasteiger partial charge in [-0.1, -0.05) is 16.9 Å². The Balaban J connectivity index is 1.61. The lowest BCUT2D eigenvalue weighted by molar-refractivity contribution is 0.385. The van der Waals surface area contributed by atoms with Gasteiger partial charge in [-0.05, 0) is 19.9 Å². The number of nitrogens with zero attached hydrogens (tertiary/aromatic N) is 5. The molecular weight excluding hydrogens is 264 g/mol.